The maximum atomic E-state index is 11.4. The van der Waals surface area contributed by atoms with Crippen LogP contribution in [0.15, 0.2) is 0 Å². The van der Waals surface area contributed by atoms with Crippen LogP contribution in [0, 0.1) is 5.92 Å². The quantitative estimate of drug-likeness (QED) is 0.723. The summed E-state index contributed by atoms with van der Waals surface area (Å²) in [6.45, 7) is 7.36. The van der Waals surface area contributed by atoms with Crippen LogP contribution in [0.2, 0.25) is 0 Å². The van der Waals surface area contributed by atoms with Crippen molar-refractivity contribution in [1.29, 1.82) is 0 Å². The van der Waals surface area contributed by atoms with Crippen molar-refractivity contribution in [3.8, 4) is 0 Å². The Kier molecular flexibility index (Phi) is 3.37. The summed E-state index contributed by atoms with van der Waals surface area (Å²) in [6.07, 6.45) is 0.899. The van der Waals surface area contributed by atoms with Gasteiger partial charge in [0.25, 0.3) is 0 Å². The van der Waals surface area contributed by atoms with Crippen molar-refractivity contribution in [1.82, 2.24) is 5.32 Å². The molecule has 4 nitrogen and oxygen atoms in total. The van der Waals surface area contributed by atoms with Crippen molar-refractivity contribution in [2.45, 2.75) is 52.2 Å². The normalized spacial score (nSPS) is 26.5. The third-order valence-electron chi connectivity index (χ3n) is 2.43. The van der Waals surface area contributed by atoms with E-state index in [1.54, 1.807) is 20.8 Å². The number of hydrogen-bond acceptors (Lipinski definition) is 3. The first-order chi connectivity index (χ1) is 6.79. The molecule has 0 spiro atoms. The molecule has 1 amide bonds. The number of amides is 1. The Balaban J connectivity index is 2.48. The van der Waals surface area contributed by atoms with Gasteiger partial charge in [-0.2, -0.15) is 0 Å². The fourth-order valence-corrected chi connectivity index (χ4v) is 1.67. The van der Waals surface area contributed by atoms with E-state index in [1.807, 2.05) is 6.92 Å². The molecule has 2 atom stereocenters. The van der Waals surface area contributed by atoms with E-state index in [0.29, 0.717) is 6.42 Å². The number of carbonyl (C=O) groups is 2. The molecule has 15 heavy (non-hydrogen) atoms. The summed E-state index contributed by atoms with van der Waals surface area (Å²) in [5.74, 6) is 0.318. The second kappa shape index (κ2) is 4.21. The van der Waals surface area contributed by atoms with Crippen molar-refractivity contribution in [2.75, 3.05) is 0 Å². The zero-order valence-corrected chi connectivity index (χ0v) is 9.79. The van der Waals surface area contributed by atoms with E-state index >= 15 is 0 Å². The van der Waals surface area contributed by atoms with Crippen LogP contribution in [0.1, 0.15) is 40.5 Å². The SMILES string of the molecule is C[C@@H]1CCC(=O)[C@H]1NC(=O)OC(C)(C)C. The predicted octanol–water partition coefficient (Wildman–Crippen LogP) is 1.88. The van der Waals surface area contributed by atoms with E-state index in [0.717, 1.165) is 6.42 Å². The smallest absolute Gasteiger partial charge is 0.408 e. The lowest BCUT2D eigenvalue weighted by molar-refractivity contribution is -0.119. The van der Waals surface area contributed by atoms with Gasteiger partial charge in [0.2, 0.25) is 0 Å². The lowest BCUT2D eigenvalue weighted by atomic mass is 10.1. The Morgan fingerprint density at radius 2 is 2.07 bits per heavy atom. The summed E-state index contributed by atoms with van der Waals surface area (Å²) in [4.78, 5) is 22.8. The first-order valence-corrected chi connectivity index (χ1v) is 5.32. The molecule has 1 saturated carbocycles. The molecular weight excluding hydrogens is 194 g/mol. The number of carbonyl (C=O) groups excluding carboxylic acids is 2. The minimum atomic E-state index is -0.519. The van der Waals surface area contributed by atoms with E-state index in [2.05, 4.69) is 5.32 Å². The third kappa shape index (κ3) is 3.53. The van der Waals surface area contributed by atoms with Crippen molar-refractivity contribution >= 4 is 11.9 Å². The zero-order valence-electron chi connectivity index (χ0n) is 9.79. The highest BCUT2D eigenvalue weighted by Gasteiger charge is 2.33. The number of ether oxygens (including phenoxy) is 1. The van der Waals surface area contributed by atoms with Crippen molar-refractivity contribution in [3.05, 3.63) is 0 Å². The Morgan fingerprint density at radius 3 is 2.47 bits per heavy atom. The molecule has 4 heteroatoms. The lowest BCUT2D eigenvalue weighted by Gasteiger charge is -2.22. The average molecular weight is 213 g/mol. The van der Waals surface area contributed by atoms with Gasteiger partial charge in [0.1, 0.15) is 5.60 Å². The summed E-state index contributed by atoms with van der Waals surface area (Å²) in [5.41, 5.74) is -0.519. The molecule has 0 heterocycles. The van der Waals surface area contributed by atoms with E-state index < -0.39 is 11.7 Å². The fourth-order valence-electron chi connectivity index (χ4n) is 1.67. The van der Waals surface area contributed by atoms with Gasteiger partial charge in [0.05, 0.1) is 6.04 Å². The molecular formula is C11H19NO3. The molecule has 1 aliphatic rings. The van der Waals surface area contributed by atoms with Crippen LogP contribution < -0.4 is 5.32 Å². The maximum Gasteiger partial charge on any atom is 0.408 e. The highest BCUT2D eigenvalue weighted by atomic mass is 16.6. The van der Waals surface area contributed by atoms with E-state index in [1.165, 1.54) is 0 Å². The monoisotopic (exact) mass is 213 g/mol. The van der Waals surface area contributed by atoms with Crippen molar-refractivity contribution in [3.63, 3.8) is 0 Å². The largest absolute Gasteiger partial charge is 0.444 e. The van der Waals surface area contributed by atoms with Crippen LogP contribution in [0.5, 0.6) is 0 Å². The van der Waals surface area contributed by atoms with Crippen LogP contribution in [-0.2, 0) is 9.53 Å². The number of rotatable bonds is 1. The molecule has 0 unspecified atom stereocenters. The van der Waals surface area contributed by atoms with E-state index in [9.17, 15) is 9.59 Å². The molecule has 0 aromatic heterocycles. The first kappa shape index (κ1) is 12.0. The van der Waals surface area contributed by atoms with Gasteiger partial charge in [-0.05, 0) is 33.1 Å². The Hall–Kier alpha value is -1.06. The van der Waals surface area contributed by atoms with Gasteiger partial charge in [-0.1, -0.05) is 6.92 Å². The Bertz CT molecular complexity index is 267. The van der Waals surface area contributed by atoms with Crippen LogP contribution >= 0.6 is 0 Å². The molecule has 1 rings (SSSR count). The number of ketones is 1. The molecule has 0 saturated heterocycles. The van der Waals surface area contributed by atoms with Crippen LogP contribution in [0.3, 0.4) is 0 Å². The van der Waals surface area contributed by atoms with Crippen LogP contribution in [0.4, 0.5) is 4.79 Å². The van der Waals surface area contributed by atoms with Gasteiger partial charge in [-0.15, -0.1) is 0 Å². The minimum absolute atomic E-state index is 0.105. The molecule has 86 valence electrons. The Labute approximate surface area is 90.4 Å². The zero-order chi connectivity index (χ0) is 11.6. The van der Waals surface area contributed by atoms with Gasteiger partial charge in [-0.25, -0.2) is 4.79 Å². The number of nitrogens with one attached hydrogen (secondary N) is 1. The number of hydrogen-bond donors (Lipinski definition) is 1. The molecule has 1 fully saturated rings. The molecule has 0 aromatic carbocycles. The van der Waals surface area contributed by atoms with Gasteiger partial charge in [0, 0.05) is 6.42 Å². The topological polar surface area (TPSA) is 55.4 Å². The lowest BCUT2D eigenvalue weighted by Crippen LogP contribution is -2.43. The molecule has 0 aromatic rings. The Morgan fingerprint density at radius 1 is 1.47 bits per heavy atom. The molecule has 0 radical (unpaired) electrons. The van der Waals surface area contributed by atoms with E-state index in [-0.39, 0.29) is 17.7 Å². The first-order valence-electron chi connectivity index (χ1n) is 5.32. The predicted molar refractivity (Wildman–Crippen MR) is 56.6 cm³/mol. The highest BCUT2D eigenvalue weighted by molar-refractivity contribution is 5.89. The number of alkyl carbamates (subject to hydrolysis) is 1. The second-order valence-corrected chi connectivity index (χ2v) is 5.11. The standard InChI is InChI=1S/C11H19NO3/c1-7-5-6-8(13)9(7)12-10(14)15-11(2,3)4/h7,9H,5-6H2,1-4H3,(H,12,14)/t7-,9+/m1/s1. The summed E-state index contributed by atoms with van der Waals surface area (Å²) >= 11 is 0. The molecule has 0 aliphatic heterocycles. The van der Waals surface area contributed by atoms with Crippen molar-refractivity contribution < 1.29 is 14.3 Å². The third-order valence-corrected chi connectivity index (χ3v) is 2.43. The molecule has 1 N–H and O–H groups in total. The van der Waals surface area contributed by atoms with Gasteiger partial charge < -0.3 is 10.1 Å². The summed E-state index contributed by atoms with van der Waals surface area (Å²) < 4.78 is 5.09. The van der Waals surface area contributed by atoms with E-state index in [4.69, 9.17) is 4.74 Å². The minimum Gasteiger partial charge on any atom is -0.444 e. The van der Waals surface area contributed by atoms with Crippen molar-refractivity contribution in [2.24, 2.45) is 5.92 Å². The maximum absolute atomic E-state index is 11.4. The van der Waals surface area contributed by atoms with Gasteiger partial charge in [-0.3, -0.25) is 4.79 Å². The second-order valence-electron chi connectivity index (χ2n) is 5.11. The fraction of sp³-hybridized carbons (Fsp3) is 0.818. The van der Waals surface area contributed by atoms with Crippen LogP contribution in [0.25, 0.3) is 0 Å². The average Bonchev–Trinajstić information content (AvgIpc) is 2.32. The summed E-state index contributed by atoms with van der Waals surface area (Å²) in [5, 5.41) is 2.62. The highest BCUT2D eigenvalue weighted by Crippen LogP contribution is 2.22. The number of Topliss-reactive ketones (excluding diaryl/α,β-unsaturated/α-hetero) is 1. The van der Waals surface area contributed by atoms with Gasteiger partial charge >= 0.3 is 6.09 Å². The molecule has 0 bridgehead atoms. The van der Waals surface area contributed by atoms with Gasteiger partial charge in [0.15, 0.2) is 5.78 Å². The van der Waals surface area contributed by atoms with Crippen LogP contribution in [-0.4, -0.2) is 23.5 Å². The molecule has 1 aliphatic carbocycles. The summed E-state index contributed by atoms with van der Waals surface area (Å²) in [7, 11) is 0. The summed E-state index contributed by atoms with van der Waals surface area (Å²) in [6, 6.07) is -0.361.